The van der Waals surface area contributed by atoms with Crippen LogP contribution < -0.4 is 5.32 Å². The Hall–Kier alpha value is -2.69. The van der Waals surface area contributed by atoms with E-state index in [0.29, 0.717) is 5.56 Å². The summed E-state index contributed by atoms with van der Waals surface area (Å²) in [6.07, 6.45) is 0. The molecule has 2 unspecified atom stereocenters. The molecule has 0 fully saturated rings. The lowest BCUT2D eigenvalue weighted by molar-refractivity contribution is -0.142. The summed E-state index contributed by atoms with van der Waals surface area (Å²) in [6.45, 7) is 1.50. The minimum absolute atomic E-state index is 0.110. The zero-order chi connectivity index (χ0) is 16.1. The largest absolute Gasteiger partial charge is 0.481 e. The predicted octanol–water partition coefficient (Wildman–Crippen LogP) is 3.02. The van der Waals surface area contributed by atoms with Crippen LogP contribution >= 0.6 is 0 Å². The van der Waals surface area contributed by atoms with Crippen LogP contribution in [0.5, 0.6) is 0 Å². The molecule has 5 heteroatoms. The molecule has 0 aliphatic carbocycles. The van der Waals surface area contributed by atoms with Crippen molar-refractivity contribution in [3.05, 3.63) is 71.5 Å². The lowest BCUT2D eigenvalue weighted by Crippen LogP contribution is -2.36. The summed E-state index contributed by atoms with van der Waals surface area (Å²) in [5.41, 5.74) is 0.545. The van der Waals surface area contributed by atoms with E-state index in [0.717, 1.165) is 0 Å². The van der Waals surface area contributed by atoms with Crippen LogP contribution in [0, 0.1) is 11.7 Å². The van der Waals surface area contributed by atoms with Crippen molar-refractivity contribution < 1.29 is 19.1 Å². The third kappa shape index (κ3) is 3.49. The van der Waals surface area contributed by atoms with E-state index >= 15 is 0 Å². The maximum Gasteiger partial charge on any atom is 0.308 e. The Bertz CT molecular complexity index is 673. The molecule has 0 spiro atoms. The van der Waals surface area contributed by atoms with Gasteiger partial charge in [0.15, 0.2) is 0 Å². The van der Waals surface area contributed by atoms with Gasteiger partial charge in [-0.1, -0.05) is 42.5 Å². The molecule has 2 N–H and O–H groups in total. The van der Waals surface area contributed by atoms with Crippen LogP contribution in [-0.4, -0.2) is 17.0 Å². The Labute approximate surface area is 127 Å². The van der Waals surface area contributed by atoms with E-state index in [9.17, 15) is 19.1 Å². The quantitative estimate of drug-likeness (QED) is 0.892. The molecule has 4 nitrogen and oxygen atoms in total. The van der Waals surface area contributed by atoms with Gasteiger partial charge >= 0.3 is 5.97 Å². The van der Waals surface area contributed by atoms with Crippen LogP contribution in [0.3, 0.4) is 0 Å². The minimum atomic E-state index is -1.04. The molecule has 0 radical (unpaired) electrons. The van der Waals surface area contributed by atoms with Crippen molar-refractivity contribution in [1.29, 1.82) is 0 Å². The number of carboxylic acid groups (broad SMARTS) is 1. The monoisotopic (exact) mass is 301 g/mol. The Morgan fingerprint density at radius 1 is 1.05 bits per heavy atom. The third-order valence-corrected chi connectivity index (χ3v) is 3.45. The maximum absolute atomic E-state index is 13.7. The van der Waals surface area contributed by atoms with Crippen LogP contribution in [0.25, 0.3) is 0 Å². The molecule has 0 saturated carbocycles. The SMILES string of the molecule is CC(C(=O)O)C(NC(=O)c1ccccc1F)c1ccccc1. The second-order valence-corrected chi connectivity index (χ2v) is 4.97. The lowest BCUT2D eigenvalue weighted by atomic mass is 9.94. The first-order chi connectivity index (χ1) is 10.5. The average Bonchev–Trinajstić information content (AvgIpc) is 2.53. The first-order valence-corrected chi connectivity index (χ1v) is 6.84. The Kier molecular flexibility index (Phi) is 4.88. The van der Waals surface area contributed by atoms with Crippen LogP contribution in [0.15, 0.2) is 54.6 Å². The van der Waals surface area contributed by atoms with Gasteiger partial charge in [-0.25, -0.2) is 4.39 Å². The van der Waals surface area contributed by atoms with Gasteiger partial charge in [-0.2, -0.15) is 0 Å². The number of hydrogen-bond acceptors (Lipinski definition) is 2. The summed E-state index contributed by atoms with van der Waals surface area (Å²) < 4.78 is 13.7. The summed E-state index contributed by atoms with van der Waals surface area (Å²) in [4.78, 5) is 23.5. The zero-order valence-electron chi connectivity index (χ0n) is 12.0. The molecular formula is C17H16FNO3. The molecule has 0 aliphatic heterocycles. The number of carbonyl (C=O) groups excluding carboxylic acids is 1. The summed E-state index contributed by atoms with van der Waals surface area (Å²) in [7, 11) is 0. The number of carboxylic acids is 1. The molecule has 2 rings (SSSR count). The van der Waals surface area contributed by atoms with E-state index in [1.807, 2.05) is 0 Å². The van der Waals surface area contributed by atoms with Gasteiger partial charge in [0.05, 0.1) is 17.5 Å². The van der Waals surface area contributed by atoms with Crippen molar-refractivity contribution in [2.45, 2.75) is 13.0 Å². The van der Waals surface area contributed by atoms with E-state index in [1.54, 1.807) is 36.4 Å². The normalized spacial score (nSPS) is 13.2. The second kappa shape index (κ2) is 6.85. The van der Waals surface area contributed by atoms with Crippen LogP contribution in [0.4, 0.5) is 4.39 Å². The second-order valence-electron chi connectivity index (χ2n) is 4.97. The van der Waals surface area contributed by atoms with Crippen LogP contribution in [-0.2, 0) is 4.79 Å². The Balaban J connectivity index is 2.29. The molecule has 2 aromatic carbocycles. The fourth-order valence-corrected chi connectivity index (χ4v) is 2.16. The number of benzene rings is 2. The zero-order valence-corrected chi connectivity index (χ0v) is 12.0. The number of carbonyl (C=O) groups is 2. The van der Waals surface area contributed by atoms with Gasteiger partial charge in [0.2, 0.25) is 0 Å². The van der Waals surface area contributed by atoms with Gasteiger partial charge in [0, 0.05) is 0 Å². The topological polar surface area (TPSA) is 66.4 Å². The number of aliphatic carboxylic acids is 1. The molecule has 2 aromatic rings. The van der Waals surface area contributed by atoms with Gasteiger partial charge < -0.3 is 10.4 Å². The number of amides is 1. The van der Waals surface area contributed by atoms with Gasteiger partial charge in [0.1, 0.15) is 5.82 Å². The van der Waals surface area contributed by atoms with Crippen molar-refractivity contribution in [3.8, 4) is 0 Å². The molecule has 0 bridgehead atoms. The molecule has 0 aliphatic rings. The van der Waals surface area contributed by atoms with E-state index in [1.165, 1.54) is 25.1 Å². The van der Waals surface area contributed by atoms with Gasteiger partial charge in [0.25, 0.3) is 5.91 Å². The van der Waals surface area contributed by atoms with Crippen molar-refractivity contribution in [2.24, 2.45) is 5.92 Å². The summed E-state index contributed by atoms with van der Waals surface area (Å²) in [6, 6.07) is 13.6. The first-order valence-electron chi connectivity index (χ1n) is 6.84. The third-order valence-electron chi connectivity index (χ3n) is 3.45. The molecule has 1 amide bonds. The fraction of sp³-hybridized carbons (Fsp3) is 0.176. The minimum Gasteiger partial charge on any atom is -0.481 e. The molecular weight excluding hydrogens is 285 g/mol. The van der Waals surface area contributed by atoms with Gasteiger partial charge in [-0.05, 0) is 24.6 Å². The number of hydrogen-bond donors (Lipinski definition) is 2. The van der Waals surface area contributed by atoms with Crippen LogP contribution in [0.2, 0.25) is 0 Å². The molecule has 22 heavy (non-hydrogen) atoms. The van der Waals surface area contributed by atoms with Crippen molar-refractivity contribution >= 4 is 11.9 Å². The number of rotatable bonds is 5. The maximum atomic E-state index is 13.7. The highest BCUT2D eigenvalue weighted by Gasteiger charge is 2.27. The lowest BCUT2D eigenvalue weighted by Gasteiger charge is -2.23. The molecule has 0 aromatic heterocycles. The molecule has 0 saturated heterocycles. The highest BCUT2D eigenvalue weighted by atomic mass is 19.1. The average molecular weight is 301 g/mol. The van der Waals surface area contributed by atoms with Gasteiger partial charge in [-0.15, -0.1) is 0 Å². The Morgan fingerprint density at radius 2 is 1.64 bits per heavy atom. The Morgan fingerprint density at radius 3 is 2.23 bits per heavy atom. The van der Waals surface area contributed by atoms with Crippen molar-refractivity contribution in [3.63, 3.8) is 0 Å². The van der Waals surface area contributed by atoms with E-state index in [4.69, 9.17) is 0 Å². The van der Waals surface area contributed by atoms with E-state index in [-0.39, 0.29) is 5.56 Å². The molecule has 114 valence electrons. The van der Waals surface area contributed by atoms with E-state index in [2.05, 4.69) is 5.32 Å². The standard InChI is InChI=1S/C17H16FNO3/c1-11(17(21)22)15(12-7-3-2-4-8-12)19-16(20)13-9-5-6-10-14(13)18/h2-11,15H,1H3,(H,19,20)(H,21,22). The smallest absolute Gasteiger partial charge is 0.308 e. The number of nitrogens with one attached hydrogen (secondary N) is 1. The summed E-state index contributed by atoms with van der Waals surface area (Å²) >= 11 is 0. The first kappa shape index (κ1) is 15.7. The van der Waals surface area contributed by atoms with Crippen molar-refractivity contribution in [1.82, 2.24) is 5.32 Å². The molecule has 2 atom stereocenters. The van der Waals surface area contributed by atoms with E-state index < -0.39 is 29.7 Å². The predicted molar refractivity (Wildman–Crippen MR) is 79.8 cm³/mol. The highest BCUT2D eigenvalue weighted by molar-refractivity contribution is 5.95. The highest BCUT2D eigenvalue weighted by Crippen LogP contribution is 2.23. The van der Waals surface area contributed by atoms with Gasteiger partial charge in [-0.3, -0.25) is 9.59 Å². The summed E-state index contributed by atoms with van der Waals surface area (Å²) in [5, 5.41) is 11.8. The molecule has 0 heterocycles. The fourth-order valence-electron chi connectivity index (χ4n) is 2.16. The van der Waals surface area contributed by atoms with Crippen molar-refractivity contribution in [2.75, 3.05) is 0 Å². The number of halogens is 1. The van der Waals surface area contributed by atoms with Crippen LogP contribution in [0.1, 0.15) is 28.9 Å². The summed E-state index contributed by atoms with van der Waals surface area (Å²) in [5.74, 6) is -3.17.